The van der Waals surface area contributed by atoms with E-state index in [0.29, 0.717) is 18.4 Å². The zero-order chi connectivity index (χ0) is 14.3. The van der Waals surface area contributed by atoms with Crippen molar-refractivity contribution in [1.82, 2.24) is 10.6 Å². The maximum absolute atomic E-state index is 12.3. The van der Waals surface area contributed by atoms with Gasteiger partial charge in [-0.3, -0.25) is 4.79 Å². The number of carbonyl (C=O) groups is 1. The molecule has 1 atom stereocenters. The predicted molar refractivity (Wildman–Crippen MR) is 81.2 cm³/mol. The van der Waals surface area contributed by atoms with E-state index in [2.05, 4.69) is 31.4 Å². The number of nitrogens with one attached hydrogen (secondary N) is 2. The highest BCUT2D eigenvalue weighted by Crippen LogP contribution is 2.30. The molecule has 1 saturated carbocycles. The Morgan fingerprint density at radius 3 is 2.21 bits per heavy atom. The summed E-state index contributed by atoms with van der Waals surface area (Å²) >= 11 is 0. The standard InChI is InChI=1S/C16H32N2O/c1-5-14(6-2)13(3)18-15(19)12-16(17-4)10-8-7-9-11-16/h13-14,17H,5-12H2,1-4H3,(H,18,19). The van der Waals surface area contributed by atoms with E-state index in [1.54, 1.807) is 0 Å². The topological polar surface area (TPSA) is 41.1 Å². The van der Waals surface area contributed by atoms with Crippen LogP contribution in [-0.4, -0.2) is 24.5 Å². The molecule has 1 aliphatic carbocycles. The quantitative estimate of drug-likeness (QED) is 0.744. The van der Waals surface area contributed by atoms with Gasteiger partial charge in [0.2, 0.25) is 5.91 Å². The third-order valence-corrected chi connectivity index (χ3v) is 4.98. The lowest BCUT2D eigenvalue weighted by molar-refractivity contribution is -0.123. The average Bonchev–Trinajstić information content (AvgIpc) is 2.41. The molecular formula is C16H32N2O. The van der Waals surface area contributed by atoms with E-state index < -0.39 is 0 Å². The Labute approximate surface area is 118 Å². The molecule has 0 aromatic rings. The molecule has 3 heteroatoms. The molecule has 1 aliphatic rings. The van der Waals surface area contributed by atoms with E-state index >= 15 is 0 Å². The van der Waals surface area contributed by atoms with Gasteiger partial charge in [0.05, 0.1) is 0 Å². The summed E-state index contributed by atoms with van der Waals surface area (Å²) in [6.45, 7) is 6.54. The molecule has 0 aromatic carbocycles. The van der Waals surface area contributed by atoms with Crippen LogP contribution in [0.5, 0.6) is 0 Å². The minimum absolute atomic E-state index is 0.0516. The lowest BCUT2D eigenvalue weighted by atomic mass is 9.79. The van der Waals surface area contributed by atoms with Gasteiger partial charge in [0.25, 0.3) is 0 Å². The summed E-state index contributed by atoms with van der Waals surface area (Å²) in [5.74, 6) is 0.816. The molecule has 1 amide bonds. The van der Waals surface area contributed by atoms with Gasteiger partial charge < -0.3 is 10.6 Å². The third-order valence-electron chi connectivity index (χ3n) is 4.98. The minimum Gasteiger partial charge on any atom is -0.353 e. The van der Waals surface area contributed by atoms with Crippen LogP contribution in [0.25, 0.3) is 0 Å². The first-order valence-corrected chi connectivity index (χ1v) is 8.05. The first-order valence-electron chi connectivity index (χ1n) is 8.05. The molecule has 1 rings (SSSR count). The second kappa shape index (κ2) is 7.88. The first kappa shape index (κ1) is 16.5. The number of hydrogen-bond donors (Lipinski definition) is 2. The van der Waals surface area contributed by atoms with Gasteiger partial charge in [0.15, 0.2) is 0 Å². The summed E-state index contributed by atoms with van der Waals surface area (Å²) in [7, 11) is 2.00. The fraction of sp³-hybridized carbons (Fsp3) is 0.938. The van der Waals surface area contributed by atoms with Gasteiger partial charge in [0, 0.05) is 18.0 Å². The Morgan fingerprint density at radius 1 is 1.16 bits per heavy atom. The van der Waals surface area contributed by atoms with Crippen LogP contribution < -0.4 is 10.6 Å². The van der Waals surface area contributed by atoms with E-state index in [1.807, 2.05) is 7.05 Å². The molecule has 0 radical (unpaired) electrons. The molecule has 3 nitrogen and oxygen atoms in total. The van der Waals surface area contributed by atoms with Crippen molar-refractivity contribution in [2.24, 2.45) is 5.92 Å². The van der Waals surface area contributed by atoms with Gasteiger partial charge in [-0.2, -0.15) is 0 Å². The average molecular weight is 268 g/mol. The number of rotatable bonds is 7. The van der Waals surface area contributed by atoms with Gasteiger partial charge in [0.1, 0.15) is 0 Å². The molecule has 0 saturated heterocycles. The second-order valence-electron chi connectivity index (χ2n) is 6.20. The Kier molecular flexibility index (Phi) is 6.84. The summed E-state index contributed by atoms with van der Waals surface area (Å²) in [5.41, 5.74) is 0.0516. The predicted octanol–water partition coefficient (Wildman–Crippen LogP) is 3.24. The molecule has 112 valence electrons. The van der Waals surface area contributed by atoms with Crippen molar-refractivity contribution in [3.63, 3.8) is 0 Å². The molecule has 19 heavy (non-hydrogen) atoms. The number of carbonyl (C=O) groups excluding carboxylic acids is 1. The third kappa shape index (κ3) is 4.79. The van der Waals surface area contributed by atoms with E-state index in [9.17, 15) is 4.79 Å². The second-order valence-corrected chi connectivity index (χ2v) is 6.20. The molecular weight excluding hydrogens is 236 g/mol. The van der Waals surface area contributed by atoms with E-state index in [4.69, 9.17) is 0 Å². The highest BCUT2D eigenvalue weighted by molar-refractivity contribution is 5.77. The molecule has 0 spiro atoms. The van der Waals surface area contributed by atoms with Crippen molar-refractivity contribution in [2.45, 2.75) is 83.7 Å². The van der Waals surface area contributed by atoms with Gasteiger partial charge in [-0.1, -0.05) is 46.0 Å². The zero-order valence-corrected chi connectivity index (χ0v) is 13.2. The highest BCUT2D eigenvalue weighted by Gasteiger charge is 2.33. The monoisotopic (exact) mass is 268 g/mol. The molecule has 0 heterocycles. The van der Waals surface area contributed by atoms with Crippen molar-refractivity contribution in [3.05, 3.63) is 0 Å². The minimum atomic E-state index is 0.0516. The van der Waals surface area contributed by atoms with Crippen LogP contribution in [0.2, 0.25) is 0 Å². The van der Waals surface area contributed by atoms with Crippen molar-refractivity contribution in [2.75, 3.05) is 7.05 Å². The highest BCUT2D eigenvalue weighted by atomic mass is 16.1. The maximum Gasteiger partial charge on any atom is 0.222 e. The smallest absolute Gasteiger partial charge is 0.222 e. The maximum atomic E-state index is 12.3. The van der Waals surface area contributed by atoms with Crippen molar-refractivity contribution in [3.8, 4) is 0 Å². The van der Waals surface area contributed by atoms with E-state index in [-0.39, 0.29) is 11.4 Å². The van der Waals surface area contributed by atoms with Gasteiger partial charge in [-0.15, -0.1) is 0 Å². The Morgan fingerprint density at radius 2 is 1.74 bits per heavy atom. The summed E-state index contributed by atoms with van der Waals surface area (Å²) in [4.78, 5) is 12.3. The van der Waals surface area contributed by atoms with E-state index in [1.165, 1.54) is 19.3 Å². The molecule has 0 bridgehead atoms. The first-order chi connectivity index (χ1) is 9.06. The van der Waals surface area contributed by atoms with Gasteiger partial charge in [-0.25, -0.2) is 0 Å². The Bertz CT molecular complexity index is 268. The molecule has 1 unspecified atom stereocenters. The van der Waals surface area contributed by atoms with Gasteiger partial charge >= 0.3 is 0 Å². The Hall–Kier alpha value is -0.570. The lowest BCUT2D eigenvalue weighted by Gasteiger charge is -2.37. The van der Waals surface area contributed by atoms with Crippen LogP contribution in [0.4, 0.5) is 0 Å². The summed E-state index contributed by atoms with van der Waals surface area (Å²) in [6.07, 6.45) is 8.98. The van der Waals surface area contributed by atoms with E-state index in [0.717, 1.165) is 25.7 Å². The summed E-state index contributed by atoms with van der Waals surface area (Å²) in [6, 6.07) is 0.292. The summed E-state index contributed by atoms with van der Waals surface area (Å²) in [5, 5.41) is 6.63. The van der Waals surface area contributed by atoms with Crippen molar-refractivity contribution >= 4 is 5.91 Å². The fourth-order valence-electron chi connectivity index (χ4n) is 3.47. The summed E-state index contributed by atoms with van der Waals surface area (Å²) < 4.78 is 0. The van der Waals surface area contributed by atoms with Gasteiger partial charge in [-0.05, 0) is 32.7 Å². The number of hydrogen-bond acceptors (Lipinski definition) is 2. The van der Waals surface area contributed by atoms with Crippen LogP contribution >= 0.6 is 0 Å². The molecule has 2 N–H and O–H groups in total. The van der Waals surface area contributed by atoms with Crippen LogP contribution in [0.15, 0.2) is 0 Å². The normalized spacial score (nSPS) is 20.3. The van der Waals surface area contributed by atoms with Crippen LogP contribution in [0, 0.1) is 5.92 Å². The zero-order valence-electron chi connectivity index (χ0n) is 13.2. The largest absolute Gasteiger partial charge is 0.353 e. The molecule has 0 aliphatic heterocycles. The van der Waals surface area contributed by atoms with Crippen LogP contribution in [-0.2, 0) is 4.79 Å². The van der Waals surface area contributed by atoms with Crippen LogP contribution in [0.1, 0.15) is 72.1 Å². The SMILES string of the molecule is CCC(CC)C(C)NC(=O)CC1(NC)CCCCC1. The Balaban J connectivity index is 2.49. The molecule has 0 aromatic heterocycles. The fourth-order valence-corrected chi connectivity index (χ4v) is 3.47. The number of amides is 1. The lowest BCUT2D eigenvalue weighted by Crippen LogP contribution is -2.50. The van der Waals surface area contributed by atoms with Crippen molar-refractivity contribution < 1.29 is 4.79 Å². The van der Waals surface area contributed by atoms with Crippen LogP contribution in [0.3, 0.4) is 0 Å². The van der Waals surface area contributed by atoms with Crippen molar-refractivity contribution in [1.29, 1.82) is 0 Å². The molecule has 1 fully saturated rings.